The summed E-state index contributed by atoms with van der Waals surface area (Å²) in [5.74, 6) is 0.997. The normalized spacial score (nSPS) is 17.7. The summed E-state index contributed by atoms with van der Waals surface area (Å²) in [5, 5.41) is 5.52. The van der Waals surface area contributed by atoms with Crippen LogP contribution in [0.4, 0.5) is 14.6 Å². The van der Waals surface area contributed by atoms with Gasteiger partial charge in [-0.25, -0.2) is 28.4 Å². The fourth-order valence-corrected chi connectivity index (χ4v) is 4.92. The minimum absolute atomic E-state index is 0.0340. The lowest BCUT2D eigenvalue weighted by Crippen LogP contribution is -2.37. The van der Waals surface area contributed by atoms with Crippen molar-refractivity contribution in [3.63, 3.8) is 0 Å². The highest BCUT2D eigenvalue weighted by molar-refractivity contribution is 5.96. The summed E-state index contributed by atoms with van der Waals surface area (Å²) in [6.45, 7) is 3.60. The maximum Gasteiger partial charge on any atom is 0.296 e. The molecule has 6 rings (SSSR count). The van der Waals surface area contributed by atoms with Crippen LogP contribution < -0.4 is 9.64 Å². The van der Waals surface area contributed by atoms with Gasteiger partial charge < -0.3 is 19.1 Å². The molecule has 0 amide bonds. The molecule has 4 aromatic rings. The molecule has 0 spiro atoms. The van der Waals surface area contributed by atoms with Crippen molar-refractivity contribution in [2.24, 2.45) is 0 Å². The van der Waals surface area contributed by atoms with Gasteiger partial charge in [-0.15, -0.1) is 0 Å². The summed E-state index contributed by atoms with van der Waals surface area (Å²) in [4.78, 5) is 15.5. The Bertz CT molecular complexity index is 1360. The molecule has 0 radical (unpaired) electrons. The van der Waals surface area contributed by atoms with E-state index in [2.05, 4.69) is 19.9 Å². The molecule has 10 nitrogen and oxygen atoms in total. The molecule has 2 aliphatic rings. The largest absolute Gasteiger partial charge is 0.494 e. The van der Waals surface area contributed by atoms with E-state index in [1.165, 1.54) is 18.0 Å². The first-order valence-corrected chi connectivity index (χ1v) is 11.6. The Morgan fingerprint density at radius 3 is 2.54 bits per heavy atom. The topological polar surface area (TPSA) is 92.3 Å². The molecule has 35 heavy (non-hydrogen) atoms. The average Bonchev–Trinajstić information content (AvgIpc) is 3.48. The van der Waals surface area contributed by atoms with Crippen molar-refractivity contribution in [2.75, 3.05) is 51.5 Å². The van der Waals surface area contributed by atoms with E-state index in [1.807, 2.05) is 4.68 Å². The lowest BCUT2D eigenvalue weighted by atomic mass is 10.1. The van der Waals surface area contributed by atoms with Gasteiger partial charge in [-0.05, 0) is 25.0 Å². The van der Waals surface area contributed by atoms with Gasteiger partial charge in [0.2, 0.25) is 0 Å². The van der Waals surface area contributed by atoms with Crippen molar-refractivity contribution in [3.8, 4) is 11.6 Å². The smallest absolute Gasteiger partial charge is 0.296 e. The number of hydrogen-bond acceptors (Lipinski definition) is 8. The molecule has 12 heteroatoms. The van der Waals surface area contributed by atoms with Crippen LogP contribution in [0.15, 0.2) is 24.5 Å². The van der Waals surface area contributed by atoms with Gasteiger partial charge >= 0.3 is 0 Å². The van der Waals surface area contributed by atoms with E-state index in [9.17, 15) is 8.78 Å². The predicted molar refractivity (Wildman–Crippen MR) is 124 cm³/mol. The van der Waals surface area contributed by atoms with Crippen LogP contribution in [0.3, 0.4) is 0 Å². The third-order valence-electron chi connectivity index (χ3n) is 6.60. The molecule has 0 N–H and O–H groups in total. The molecule has 0 aliphatic carbocycles. The second-order valence-electron chi connectivity index (χ2n) is 8.54. The van der Waals surface area contributed by atoms with Gasteiger partial charge in [0.15, 0.2) is 17.3 Å². The number of aromatic nitrogens is 6. The molecule has 184 valence electrons. The van der Waals surface area contributed by atoms with Crippen LogP contribution in [0.2, 0.25) is 0 Å². The number of alkyl halides is 2. The Hall–Kier alpha value is -3.38. The maximum atomic E-state index is 14.4. The van der Waals surface area contributed by atoms with E-state index >= 15 is 0 Å². The first kappa shape index (κ1) is 22.1. The summed E-state index contributed by atoms with van der Waals surface area (Å²) < 4.78 is 48.5. The minimum Gasteiger partial charge on any atom is -0.494 e. The second-order valence-corrected chi connectivity index (χ2v) is 8.54. The number of hydrogen-bond donors (Lipinski definition) is 0. The van der Waals surface area contributed by atoms with Crippen LogP contribution in [0.1, 0.15) is 31.1 Å². The average molecular weight is 485 g/mol. The second kappa shape index (κ2) is 9.00. The number of morpholine rings is 1. The lowest BCUT2D eigenvalue weighted by Gasteiger charge is -2.28. The number of benzene rings is 1. The molecule has 1 aromatic carbocycles. The molecular formula is C23H25F2N7O3. The standard InChI is InChI=1S/C23H25F2N7O3/c1-33-16-4-2-3-15-18(16)28-23(19(24)25)31(15)22-17-20(30-7-11-35-12-8-30)26-13-27-21(17)32(29-22)14-5-9-34-10-6-14/h2-4,13-14,19H,5-12H2,1H3. The number of halogens is 2. The fraction of sp³-hybridized carbons (Fsp3) is 0.478. The molecule has 3 aromatic heterocycles. The first-order chi connectivity index (χ1) is 17.2. The van der Waals surface area contributed by atoms with E-state index in [1.54, 1.807) is 18.2 Å². The third-order valence-corrected chi connectivity index (χ3v) is 6.60. The number of anilines is 1. The zero-order chi connectivity index (χ0) is 23.9. The van der Waals surface area contributed by atoms with Gasteiger partial charge in [-0.1, -0.05) is 6.07 Å². The summed E-state index contributed by atoms with van der Waals surface area (Å²) >= 11 is 0. The van der Waals surface area contributed by atoms with Gasteiger partial charge in [-0.3, -0.25) is 4.57 Å². The van der Waals surface area contributed by atoms with E-state index in [-0.39, 0.29) is 6.04 Å². The summed E-state index contributed by atoms with van der Waals surface area (Å²) in [6, 6.07) is 5.24. The van der Waals surface area contributed by atoms with Crippen LogP contribution in [0.5, 0.6) is 5.75 Å². The molecule has 0 bridgehead atoms. The first-order valence-electron chi connectivity index (χ1n) is 11.6. The van der Waals surface area contributed by atoms with E-state index < -0.39 is 12.2 Å². The number of nitrogens with zero attached hydrogens (tertiary/aromatic N) is 7. The zero-order valence-electron chi connectivity index (χ0n) is 19.2. The van der Waals surface area contributed by atoms with Crippen molar-refractivity contribution in [1.82, 2.24) is 29.3 Å². The number of fused-ring (bicyclic) bond motifs is 2. The Kier molecular flexibility index (Phi) is 5.69. The highest BCUT2D eigenvalue weighted by Gasteiger charge is 2.31. The minimum atomic E-state index is -2.83. The molecule has 2 aliphatic heterocycles. The molecule has 2 saturated heterocycles. The Labute approximate surface area is 199 Å². The van der Waals surface area contributed by atoms with Crippen LogP contribution in [-0.4, -0.2) is 75.9 Å². The van der Waals surface area contributed by atoms with Crippen molar-refractivity contribution >= 4 is 27.9 Å². The SMILES string of the molecule is COc1cccc2c1nc(C(F)F)n2-c1nn(C2CCOCC2)c2ncnc(N3CCOCC3)c12. The van der Waals surface area contributed by atoms with Crippen molar-refractivity contribution < 1.29 is 23.0 Å². The number of imidazole rings is 1. The van der Waals surface area contributed by atoms with Crippen molar-refractivity contribution in [2.45, 2.75) is 25.3 Å². The van der Waals surface area contributed by atoms with Crippen LogP contribution in [-0.2, 0) is 9.47 Å². The van der Waals surface area contributed by atoms with E-state index in [0.29, 0.717) is 79.0 Å². The van der Waals surface area contributed by atoms with Gasteiger partial charge in [0.05, 0.1) is 31.9 Å². The highest BCUT2D eigenvalue weighted by Crippen LogP contribution is 2.38. The van der Waals surface area contributed by atoms with Gasteiger partial charge in [0.1, 0.15) is 28.8 Å². The number of ether oxygens (including phenoxy) is 3. The molecule has 5 heterocycles. The Balaban J connectivity index is 1.66. The third kappa shape index (κ3) is 3.67. The predicted octanol–water partition coefficient (Wildman–Crippen LogP) is 3.30. The van der Waals surface area contributed by atoms with Crippen LogP contribution in [0, 0.1) is 0 Å². The number of methoxy groups -OCH3 is 1. The van der Waals surface area contributed by atoms with Crippen LogP contribution in [0.25, 0.3) is 27.9 Å². The summed E-state index contributed by atoms with van der Waals surface area (Å²) in [7, 11) is 1.50. The quantitative estimate of drug-likeness (QED) is 0.425. The van der Waals surface area contributed by atoms with Gasteiger partial charge in [-0.2, -0.15) is 5.10 Å². The fourth-order valence-electron chi connectivity index (χ4n) is 4.92. The lowest BCUT2D eigenvalue weighted by molar-refractivity contribution is 0.0673. The van der Waals surface area contributed by atoms with Crippen molar-refractivity contribution in [1.29, 1.82) is 0 Å². The monoisotopic (exact) mass is 485 g/mol. The van der Waals surface area contributed by atoms with E-state index in [4.69, 9.17) is 19.3 Å². The van der Waals surface area contributed by atoms with Crippen molar-refractivity contribution in [3.05, 3.63) is 30.4 Å². The van der Waals surface area contributed by atoms with Crippen LogP contribution >= 0.6 is 0 Å². The maximum absolute atomic E-state index is 14.4. The molecule has 0 atom stereocenters. The molecule has 0 saturated carbocycles. The summed E-state index contributed by atoms with van der Waals surface area (Å²) in [5.41, 5.74) is 1.44. The number of rotatable bonds is 5. The molecule has 0 unspecified atom stereocenters. The zero-order valence-corrected chi connectivity index (χ0v) is 19.2. The Morgan fingerprint density at radius 1 is 1.03 bits per heavy atom. The number of para-hydroxylation sites is 1. The highest BCUT2D eigenvalue weighted by atomic mass is 19.3. The molecular weight excluding hydrogens is 460 g/mol. The Morgan fingerprint density at radius 2 is 1.80 bits per heavy atom. The van der Waals surface area contributed by atoms with Gasteiger partial charge in [0.25, 0.3) is 6.43 Å². The van der Waals surface area contributed by atoms with Gasteiger partial charge in [0, 0.05) is 26.3 Å². The summed E-state index contributed by atoms with van der Waals surface area (Å²) in [6.07, 6.45) is 0.199. The van der Waals surface area contributed by atoms with E-state index in [0.717, 1.165) is 12.8 Å². The molecule has 2 fully saturated rings.